The summed E-state index contributed by atoms with van der Waals surface area (Å²) in [5.41, 5.74) is 5.27. The van der Waals surface area contributed by atoms with Gasteiger partial charge in [0.2, 0.25) is 0 Å². The molecule has 3 aromatic carbocycles. The molecule has 0 saturated heterocycles. The van der Waals surface area contributed by atoms with Crippen LogP contribution in [0.1, 0.15) is 0 Å². The molecule has 0 aliphatic rings. The molecule has 0 bridgehead atoms. The maximum absolute atomic E-state index is 4.71. The molecule has 2 aromatic heterocycles. The predicted molar refractivity (Wildman–Crippen MR) is 114 cm³/mol. The molecule has 132 valence electrons. The van der Waals surface area contributed by atoms with Gasteiger partial charge in [0, 0.05) is 29.7 Å². The maximum atomic E-state index is 4.71. The normalized spacial score (nSPS) is 10.9. The number of aromatic nitrogens is 3. The summed E-state index contributed by atoms with van der Waals surface area (Å²) in [5.74, 6) is 0.714. The van der Waals surface area contributed by atoms with Crippen molar-refractivity contribution in [3.63, 3.8) is 0 Å². The van der Waals surface area contributed by atoms with Crippen LogP contribution in [0.15, 0.2) is 104 Å². The third-order valence-corrected chi connectivity index (χ3v) is 4.86. The van der Waals surface area contributed by atoms with Gasteiger partial charge in [-0.25, -0.2) is 9.97 Å². The van der Waals surface area contributed by atoms with Crippen molar-refractivity contribution in [1.82, 2.24) is 15.0 Å². The summed E-state index contributed by atoms with van der Waals surface area (Å²) in [6.07, 6.45) is 5.37. The second-order valence-corrected chi connectivity index (χ2v) is 6.61. The van der Waals surface area contributed by atoms with Crippen LogP contribution in [0.4, 0.5) is 0 Å². The van der Waals surface area contributed by atoms with Crippen molar-refractivity contribution in [3.8, 4) is 33.8 Å². The van der Waals surface area contributed by atoms with E-state index in [9.17, 15) is 0 Å². The molecule has 0 fully saturated rings. The molecular weight excluding hydrogens is 342 g/mol. The molecule has 0 spiro atoms. The number of nitrogens with zero attached hydrogens (tertiary/aromatic N) is 3. The van der Waals surface area contributed by atoms with Gasteiger partial charge >= 0.3 is 0 Å². The summed E-state index contributed by atoms with van der Waals surface area (Å²) >= 11 is 0. The predicted octanol–water partition coefficient (Wildman–Crippen LogP) is 6.03. The fourth-order valence-corrected chi connectivity index (χ4v) is 3.45. The summed E-state index contributed by atoms with van der Waals surface area (Å²) in [6.45, 7) is 0. The average Bonchev–Trinajstić information content (AvgIpc) is 2.79. The van der Waals surface area contributed by atoms with Crippen LogP contribution in [0.5, 0.6) is 0 Å². The van der Waals surface area contributed by atoms with Crippen molar-refractivity contribution in [2.24, 2.45) is 0 Å². The van der Waals surface area contributed by atoms with Crippen molar-refractivity contribution in [2.75, 3.05) is 0 Å². The molecule has 28 heavy (non-hydrogen) atoms. The SMILES string of the molecule is c1cncc(-c2ccnc(-c3ccc(-c4cccc5ccccc45)cc3)n2)c1. The lowest BCUT2D eigenvalue weighted by molar-refractivity contribution is 1.17. The van der Waals surface area contributed by atoms with Crippen LogP contribution < -0.4 is 0 Å². The number of rotatable bonds is 3. The Morgan fingerprint density at radius 2 is 1.39 bits per heavy atom. The minimum atomic E-state index is 0.714. The van der Waals surface area contributed by atoms with Gasteiger partial charge in [0.1, 0.15) is 0 Å². The van der Waals surface area contributed by atoms with Crippen LogP contribution >= 0.6 is 0 Å². The van der Waals surface area contributed by atoms with Crippen LogP contribution in [-0.2, 0) is 0 Å². The minimum Gasteiger partial charge on any atom is -0.264 e. The van der Waals surface area contributed by atoms with Gasteiger partial charge in [-0.2, -0.15) is 0 Å². The number of fused-ring (bicyclic) bond motifs is 1. The van der Waals surface area contributed by atoms with Crippen molar-refractivity contribution < 1.29 is 0 Å². The summed E-state index contributed by atoms with van der Waals surface area (Å²) in [6, 6.07) is 29.1. The summed E-state index contributed by atoms with van der Waals surface area (Å²) in [7, 11) is 0. The van der Waals surface area contributed by atoms with Gasteiger partial charge in [-0.3, -0.25) is 4.98 Å². The highest BCUT2D eigenvalue weighted by Gasteiger charge is 2.07. The lowest BCUT2D eigenvalue weighted by atomic mass is 9.97. The summed E-state index contributed by atoms with van der Waals surface area (Å²) < 4.78 is 0. The molecule has 5 aromatic rings. The Morgan fingerprint density at radius 1 is 0.571 bits per heavy atom. The number of benzene rings is 3. The van der Waals surface area contributed by atoms with Crippen LogP contribution in [-0.4, -0.2) is 15.0 Å². The van der Waals surface area contributed by atoms with E-state index in [4.69, 9.17) is 4.98 Å². The average molecular weight is 359 g/mol. The Bertz CT molecular complexity index is 1240. The first-order chi connectivity index (χ1) is 13.9. The topological polar surface area (TPSA) is 38.7 Å². The monoisotopic (exact) mass is 359 g/mol. The second kappa shape index (κ2) is 7.05. The first-order valence-electron chi connectivity index (χ1n) is 9.20. The number of pyridine rings is 1. The molecule has 0 radical (unpaired) electrons. The Morgan fingerprint density at radius 3 is 2.25 bits per heavy atom. The third kappa shape index (κ3) is 3.03. The Balaban J connectivity index is 1.52. The van der Waals surface area contributed by atoms with E-state index in [1.165, 1.54) is 21.9 Å². The van der Waals surface area contributed by atoms with Crippen molar-refractivity contribution in [3.05, 3.63) is 104 Å². The maximum Gasteiger partial charge on any atom is 0.159 e. The largest absolute Gasteiger partial charge is 0.264 e. The second-order valence-electron chi connectivity index (χ2n) is 6.61. The van der Waals surface area contributed by atoms with Gasteiger partial charge in [0.15, 0.2) is 5.82 Å². The lowest BCUT2D eigenvalue weighted by Gasteiger charge is -2.08. The van der Waals surface area contributed by atoms with Gasteiger partial charge in [-0.15, -0.1) is 0 Å². The van der Waals surface area contributed by atoms with Crippen LogP contribution in [0.3, 0.4) is 0 Å². The zero-order valence-electron chi connectivity index (χ0n) is 15.2. The first-order valence-corrected chi connectivity index (χ1v) is 9.20. The van der Waals surface area contributed by atoms with E-state index < -0.39 is 0 Å². The Hall–Kier alpha value is -3.85. The number of hydrogen-bond donors (Lipinski definition) is 0. The van der Waals surface area contributed by atoms with Crippen molar-refractivity contribution >= 4 is 10.8 Å². The molecule has 0 aliphatic heterocycles. The van der Waals surface area contributed by atoms with E-state index in [1.54, 1.807) is 12.4 Å². The molecule has 5 rings (SSSR count). The minimum absolute atomic E-state index is 0.714. The summed E-state index contributed by atoms with van der Waals surface area (Å²) in [5, 5.41) is 2.50. The molecule has 2 heterocycles. The highest BCUT2D eigenvalue weighted by atomic mass is 14.9. The molecular formula is C25H17N3. The van der Waals surface area contributed by atoms with Gasteiger partial charge in [0.05, 0.1) is 5.69 Å². The van der Waals surface area contributed by atoms with E-state index in [2.05, 4.69) is 76.7 Å². The van der Waals surface area contributed by atoms with Gasteiger partial charge in [-0.05, 0) is 40.1 Å². The molecule has 3 nitrogen and oxygen atoms in total. The fraction of sp³-hybridized carbons (Fsp3) is 0. The standard InChI is InChI=1S/C25H17N3/c1-2-8-22-18(5-1)6-3-9-23(22)19-10-12-20(13-11-19)25-27-16-14-24(28-25)21-7-4-15-26-17-21/h1-17H. The van der Waals surface area contributed by atoms with Crippen LogP contribution in [0, 0.1) is 0 Å². The number of hydrogen-bond acceptors (Lipinski definition) is 3. The molecule has 0 saturated carbocycles. The smallest absolute Gasteiger partial charge is 0.159 e. The van der Waals surface area contributed by atoms with E-state index in [1.807, 2.05) is 24.4 Å². The molecule has 0 aliphatic carbocycles. The third-order valence-electron chi connectivity index (χ3n) is 4.86. The molecule has 0 amide bonds. The quantitative estimate of drug-likeness (QED) is 0.395. The molecule has 3 heteroatoms. The first kappa shape index (κ1) is 16.3. The Kier molecular flexibility index (Phi) is 4.11. The Labute approximate surface area is 163 Å². The lowest BCUT2D eigenvalue weighted by Crippen LogP contribution is -1.92. The van der Waals surface area contributed by atoms with E-state index in [-0.39, 0.29) is 0 Å². The highest BCUT2D eigenvalue weighted by Crippen LogP contribution is 2.30. The highest BCUT2D eigenvalue weighted by molar-refractivity contribution is 5.96. The van der Waals surface area contributed by atoms with E-state index in [0.29, 0.717) is 5.82 Å². The molecule has 0 unspecified atom stereocenters. The molecule has 0 N–H and O–H groups in total. The molecule has 0 atom stereocenters. The zero-order chi connectivity index (χ0) is 18.8. The van der Waals surface area contributed by atoms with Crippen molar-refractivity contribution in [2.45, 2.75) is 0 Å². The fourth-order valence-electron chi connectivity index (χ4n) is 3.45. The van der Waals surface area contributed by atoms with Crippen LogP contribution in [0.25, 0.3) is 44.5 Å². The van der Waals surface area contributed by atoms with Gasteiger partial charge in [-0.1, -0.05) is 66.7 Å². The van der Waals surface area contributed by atoms with Crippen molar-refractivity contribution in [1.29, 1.82) is 0 Å². The van der Waals surface area contributed by atoms with Crippen LogP contribution in [0.2, 0.25) is 0 Å². The van der Waals surface area contributed by atoms with E-state index in [0.717, 1.165) is 16.8 Å². The van der Waals surface area contributed by atoms with Gasteiger partial charge < -0.3 is 0 Å². The zero-order valence-corrected chi connectivity index (χ0v) is 15.2. The van der Waals surface area contributed by atoms with Gasteiger partial charge in [0.25, 0.3) is 0 Å². The summed E-state index contributed by atoms with van der Waals surface area (Å²) in [4.78, 5) is 13.3. The van der Waals surface area contributed by atoms with E-state index >= 15 is 0 Å².